The Bertz CT molecular complexity index is 123. The third kappa shape index (κ3) is 6.39. The highest BCUT2D eigenvalue weighted by atomic mass is 16.5. The number of hydrogen-bond acceptors (Lipinski definition) is 2. The van der Waals surface area contributed by atoms with E-state index in [4.69, 9.17) is 10.5 Å². The Hall–Kier alpha value is -0.0800. The van der Waals surface area contributed by atoms with E-state index < -0.39 is 0 Å². The molecule has 0 saturated heterocycles. The molecule has 0 saturated carbocycles. The molecule has 2 nitrogen and oxygen atoms in total. The molecule has 0 aliphatic heterocycles. The Morgan fingerprint density at radius 1 is 1.14 bits per heavy atom. The molecular formula is C12H27NO. The van der Waals surface area contributed by atoms with Crippen LogP contribution in [-0.2, 0) is 4.74 Å². The topological polar surface area (TPSA) is 35.2 Å². The van der Waals surface area contributed by atoms with Crippen LogP contribution in [0.15, 0.2) is 0 Å². The van der Waals surface area contributed by atoms with Crippen LogP contribution in [0.2, 0.25) is 0 Å². The van der Waals surface area contributed by atoms with Crippen molar-refractivity contribution in [1.82, 2.24) is 0 Å². The third-order valence-electron chi connectivity index (χ3n) is 2.95. The highest BCUT2D eigenvalue weighted by molar-refractivity contribution is 4.69. The Labute approximate surface area is 89.2 Å². The molecule has 0 rings (SSSR count). The van der Waals surface area contributed by atoms with E-state index in [2.05, 4.69) is 20.8 Å². The second-order valence-corrected chi connectivity index (χ2v) is 4.47. The van der Waals surface area contributed by atoms with Gasteiger partial charge in [-0.3, -0.25) is 0 Å². The van der Waals surface area contributed by atoms with Crippen molar-refractivity contribution < 1.29 is 4.74 Å². The van der Waals surface area contributed by atoms with Gasteiger partial charge in [0.1, 0.15) is 0 Å². The fourth-order valence-corrected chi connectivity index (χ4v) is 2.02. The zero-order valence-corrected chi connectivity index (χ0v) is 10.3. The number of hydrogen-bond donors (Lipinski definition) is 1. The van der Waals surface area contributed by atoms with Crippen LogP contribution in [0.25, 0.3) is 0 Å². The molecular weight excluding hydrogens is 174 g/mol. The van der Waals surface area contributed by atoms with Gasteiger partial charge in [0.2, 0.25) is 0 Å². The summed E-state index contributed by atoms with van der Waals surface area (Å²) in [5, 5.41) is 0. The molecule has 0 amide bonds. The van der Waals surface area contributed by atoms with Crippen LogP contribution in [0.4, 0.5) is 0 Å². The highest BCUT2D eigenvalue weighted by Crippen LogP contribution is 2.17. The summed E-state index contributed by atoms with van der Waals surface area (Å²) in [6.07, 6.45) is 4.76. The van der Waals surface area contributed by atoms with Crippen LogP contribution in [0, 0.1) is 11.8 Å². The van der Waals surface area contributed by atoms with Crippen LogP contribution in [-0.4, -0.2) is 19.8 Å². The molecule has 2 N–H and O–H groups in total. The van der Waals surface area contributed by atoms with E-state index in [1.165, 1.54) is 19.3 Å². The Morgan fingerprint density at radius 2 is 1.71 bits per heavy atom. The van der Waals surface area contributed by atoms with Gasteiger partial charge in [0.25, 0.3) is 0 Å². The average molecular weight is 201 g/mol. The van der Waals surface area contributed by atoms with Crippen molar-refractivity contribution in [3.8, 4) is 0 Å². The molecule has 2 heteroatoms. The van der Waals surface area contributed by atoms with Gasteiger partial charge in [-0.25, -0.2) is 0 Å². The lowest BCUT2D eigenvalue weighted by Gasteiger charge is -2.21. The Morgan fingerprint density at radius 3 is 2.14 bits per heavy atom. The SMILES string of the molecule is CCC(CC)CC(N)CC(C)COC. The van der Waals surface area contributed by atoms with Gasteiger partial charge in [0, 0.05) is 19.8 Å². The highest BCUT2D eigenvalue weighted by Gasteiger charge is 2.13. The van der Waals surface area contributed by atoms with Crippen LogP contribution in [0.1, 0.15) is 46.5 Å². The van der Waals surface area contributed by atoms with Gasteiger partial charge in [-0.2, -0.15) is 0 Å². The normalized spacial score (nSPS) is 15.9. The predicted molar refractivity (Wildman–Crippen MR) is 62.3 cm³/mol. The molecule has 2 atom stereocenters. The van der Waals surface area contributed by atoms with Crippen LogP contribution in [0.3, 0.4) is 0 Å². The van der Waals surface area contributed by atoms with Crippen molar-refractivity contribution in [2.75, 3.05) is 13.7 Å². The monoisotopic (exact) mass is 201 g/mol. The molecule has 0 heterocycles. The molecule has 0 aromatic heterocycles. The van der Waals surface area contributed by atoms with Gasteiger partial charge in [-0.1, -0.05) is 33.6 Å². The summed E-state index contributed by atoms with van der Waals surface area (Å²) in [5.74, 6) is 1.39. The van der Waals surface area contributed by atoms with E-state index in [1.807, 2.05) is 0 Å². The molecule has 0 fully saturated rings. The lowest BCUT2D eigenvalue weighted by atomic mass is 9.91. The summed E-state index contributed by atoms with van der Waals surface area (Å²) in [7, 11) is 1.75. The van der Waals surface area contributed by atoms with Crippen molar-refractivity contribution in [3.05, 3.63) is 0 Å². The van der Waals surface area contributed by atoms with E-state index >= 15 is 0 Å². The fraction of sp³-hybridized carbons (Fsp3) is 1.00. The molecule has 0 bridgehead atoms. The number of methoxy groups -OCH3 is 1. The number of rotatable bonds is 8. The minimum Gasteiger partial charge on any atom is -0.384 e. The van der Waals surface area contributed by atoms with Crippen molar-refractivity contribution in [1.29, 1.82) is 0 Å². The maximum Gasteiger partial charge on any atom is 0.0488 e. The molecule has 0 aliphatic rings. The number of ether oxygens (including phenoxy) is 1. The van der Waals surface area contributed by atoms with Crippen molar-refractivity contribution in [2.45, 2.75) is 52.5 Å². The van der Waals surface area contributed by atoms with Crippen LogP contribution < -0.4 is 5.73 Å². The van der Waals surface area contributed by atoms with Crippen molar-refractivity contribution in [3.63, 3.8) is 0 Å². The van der Waals surface area contributed by atoms with Gasteiger partial charge in [-0.15, -0.1) is 0 Å². The molecule has 14 heavy (non-hydrogen) atoms. The second kappa shape index (κ2) is 8.25. The van der Waals surface area contributed by atoms with Gasteiger partial charge >= 0.3 is 0 Å². The van der Waals surface area contributed by atoms with Crippen LogP contribution in [0.5, 0.6) is 0 Å². The first-order valence-electron chi connectivity index (χ1n) is 5.88. The van der Waals surface area contributed by atoms with Crippen molar-refractivity contribution >= 4 is 0 Å². The average Bonchev–Trinajstić information content (AvgIpc) is 2.14. The fourth-order valence-electron chi connectivity index (χ4n) is 2.02. The maximum atomic E-state index is 6.10. The van der Waals surface area contributed by atoms with Gasteiger partial charge in [0.15, 0.2) is 0 Å². The third-order valence-corrected chi connectivity index (χ3v) is 2.95. The zero-order chi connectivity index (χ0) is 11.0. The second-order valence-electron chi connectivity index (χ2n) is 4.47. The molecule has 0 aromatic rings. The quantitative estimate of drug-likeness (QED) is 0.655. The van der Waals surface area contributed by atoms with Gasteiger partial charge in [-0.05, 0) is 24.7 Å². The van der Waals surface area contributed by atoms with Gasteiger partial charge in [0.05, 0.1) is 0 Å². The van der Waals surface area contributed by atoms with E-state index in [0.29, 0.717) is 12.0 Å². The Kier molecular flexibility index (Phi) is 8.20. The summed E-state index contributed by atoms with van der Waals surface area (Å²) in [6, 6.07) is 0.352. The van der Waals surface area contributed by atoms with Crippen LogP contribution >= 0.6 is 0 Å². The summed E-state index contributed by atoms with van der Waals surface area (Å²) in [4.78, 5) is 0. The van der Waals surface area contributed by atoms with Crippen molar-refractivity contribution in [2.24, 2.45) is 17.6 Å². The minimum atomic E-state index is 0.352. The summed E-state index contributed by atoms with van der Waals surface area (Å²) < 4.78 is 5.11. The first-order chi connectivity index (χ1) is 6.63. The largest absolute Gasteiger partial charge is 0.384 e. The molecule has 0 radical (unpaired) electrons. The van der Waals surface area contributed by atoms with Gasteiger partial charge < -0.3 is 10.5 Å². The van der Waals surface area contributed by atoms with E-state index in [0.717, 1.165) is 18.9 Å². The first-order valence-corrected chi connectivity index (χ1v) is 5.88. The van der Waals surface area contributed by atoms with E-state index in [1.54, 1.807) is 7.11 Å². The lowest BCUT2D eigenvalue weighted by molar-refractivity contribution is 0.149. The first kappa shape index (κ1) is 13.9. The minimum absolute atomic E-state index is 0.352. The predicted octanol–water partition coefficient (Wildman–Crippen LogP) is 2.81. The smallest absolute Gasteiger partial charge is 0.0488 e. The molecule has 86 valence electrons. The maximum absolute atomic E-state index is 6.10. The zero-order valence-electron chi connectivity index (χ0n) is 10.3. The molecule has 0 spiro atoms. The molecule has 2 unspecified atom stereocenters. The molecule has 0 aromatic carbocycles. The van der Waals surface area contributed by atoms with E-state index in [9.17, 15) is 0 Å². The van der Waals surface area contributed by atoms with E-state index in [-0.39, 0.29) is 0 Å². The molecule has 0 aliphatic carbocycles. The number of nitrogens with two attached hydrogens (primary N) is 1. The summed E-state index contributed by atoms with van der Waals surface area (Å²) >= 11 is 0. The standard InChI is InChI=1S/C12H27NO/c1-5-11(6-2)8-12(13)7-10(3)9-14-4/h10-12H,5-9,13H2,1-4H3. The Balaban J connectivity index is 3.67. The lowest BCUT2D eigenvalue weighted by Crippen LogP contribution is -2.26. The summed E-state index contributed by atoms with van der Waals surface area (Å²) in [6.45, 7) is 7.53. The summed E-state index contributed by atoms with van der Waals surface area (Å²) in [5.41, 5.74) is 6.10.